The lowest BCUT2D eigenvalue weighted by Crippen LogP contribution is -2.30. The molecule has 3 rings (SSSR count). The lowest BCUT2D eigenvalue weighted by molar-refractivity contribution is 0.0454. The van der Waals surface area contributed by atoms with Crippen molar-refractivity contribution in [1.82, 2.24) is 14.7 Å². The standard InChI is InChI=1S/C10H13N3OS2/c1-11-4-8-9(16-7-5-14-6-7)12-10-13(8)2-3-15-10/h2-3,7,11H,4-6H2,1H3. The summed E-state index contributed by atoms with van der Waals surface area (Å²) in [6, 6.07) is 0. The number of aromatic nitrogens is 2. The van der Waals surface area contributed by atoms with Gasteiger partial charge in [-0.05, 0) is 7.05 Å². The SMILES string of the molecule is CNCc1c(SC2COC2)nc2sccn12. The van der Waals surface area contributed by atoms with Crippen LogP contribution in [0, 0.1) is 0 Å². The first-order valence-corrected chi connectivity index (χ1v) is 6.98. The van der Waals surface area contributed by atoms with E-state index in [0.29, 0.717) is 5.25 Å². The molecule has 1 aliphatic rings. The second kappa shape index (κ2) is 4.37. The van der Waals surface area contributed by atoms with Gasteiger partial charge in [0, 0.05) is 18.1 Å². The van der Waals surface area contributed by atoms with Gasteiger partial charge >= 0.3 is 0 Å². The molecule has 6 heteroatoms. The molecule has 1 N–H and O–H groups in total. The smallest absolute Gasteiger partial charge is 0.194 e. The van der Waals surface area contributed by atoms with Crippen LogP contribution in [0.4, 0.5) is 0 Å². The summed E-state index contributed by atoms with van der Waals surface area (Å²) in [5.41, 5.74) is 1.26. The first-order valence-electron chi connectivity index (χ1n) is 5.22. The van der Waals surface area contributed by atoms with E-state index in [-0.39, 0.29) is 0 Å². The molecule has 0 atom stereocenters. The highest BCUT2D eigenvalue weighted by molar-refractivity contribution is 8.00. The highest BCUT2D eigenvalue weighted by atomic mass is 32.2. The summed E-state index contributed by atoms with van der Waals surface area (Å²) in [5.74, 6) is 0. The molecular weight excluding hydrogens is 242 g/mol. The highest BCUT2D eigenvalue weighted by Gasteiger charge is 2.23. The van der Waals surface area contributed by atoms with Gasteiger partial charge in [-0.15, -0.1) is 11.3 Å². The van der Waals surface area contributed by atoms with Gasteiger partial charge in [0.25, 0.3) is 0 Å². The third kappa shape index (κ3) is 1.75. The Morgan fingerprint density at radius 3 is 3.25 bits per heavy atom. The maximum Gasteiger partial charge on any atom is 0.194 e. The van der Waals surface area contributed by atoms with Crippen molar-refractivity contribution in [1.29, 1.82) is 0 Å². The van der Waals surface area contributed by atoms with Crippen molar-refractivity contribution >= 4 is 28.1 Å². The van der Waals surface area contributed by atoms with Crippen molar-refractivity contribution in [2.75, 3.05) is 20.3 Å². The third-order valence-electron chi connectivity index (χ3n) is 2.55. The molecule has 1 fully saturated rings. The summed E-state index contributed by atoms with van der Waals surface area (Å²) in [5, 5.41) is 7.00. The van der Waals surface area contributed by atoms with Gasteiger partial charge in [-0.25, -0.2) is 4.98 Å². The maximum atomic E-state index is 5.19. The Morgan fingerprint density at radius 2 is 2.56 bits per heavy atom. The predicted molar refractivity (Wildman–Crippen MR) is 66.3 cm³/mol. The average molecular weight is 255 g/mol. The van der Waals surface area contributed by atoms with Crippen LogP contribution in [0.5, 0.6) is 0 Å². The lowest BCUT2D eigenvalue weighted by atomic mass is 10.4. The average Bonchev–Trinajstić information content (AvgIpc) is 2.75. The zero-order chi connectivity index (χ0) is 11.0. The summed E-state index contributed by atoms with van der Waals surface area (Å²) in [6.45, 7) is 2.57. The van der Waals surface area contributed by atoms with Gasteiger partial charge in [0.15, 0.2) is 4.96 Å². The Balaban J connectivity index is 1.93. The monoisotopic (exact) mass is 255 g/mol. The molecule has 0 radical (unpaired) electrons. The zero-order valence-electron chi connectivity index (χ0n) is 8.97. The van der Waals surface area contributed by atoms with Crippen LogP contribution in [0.15, 0.2) is 16.6 Å². The Morgan fingerprint density at radius 1 is 1.69 bits per heavy atom. The molecular formula is C10H13N3OS2. The molecule has 0 spiro atoms. The largest absolute Gasteiger partial charge is 0.379 e. The number of rotatable bonds is 4. The minimum atomic E-state index is 0.584. The second-order valence-corrected chi connectivity index (χ2v) is 5.89. The zero-order valence-corrected chi connectivity index (χ0v) is 10.6. The molecule has 16 heavy (non-hydrogen) atoms. The van der Waals surface area contributed by atoms with Crippen LogP contribution in [-0.4, -0.2) is 34.9 Å². The molecule has 1 aliphatic heterocycles. The fourth-order valence-electron chi connectivity index (χ4n) is 1.68. The number of hydrogen-bond acceptors (Lipinski definition) is 5. The van der Waals surface area contributed by atoms with E-state index in [1.165, 1.54) is 5.69 Å². The Kier molecular flexibility index (Phi) is 2.89. The van der Waals surface area contributed by atoms with Crippen LogP contribution in [0.2, 0.25) is 0 Å². The first-order chi connectivity index (χ1) is 7.88. The summed E-state index contributed by atoms with van der Waals surface area (Å²) in [4.78, 5) is 5.74. The molecule has 86 valence electrons. The van der Waals surface area contributed by atoms with Crippen LogP contribution in [-0.2, 0) is 11.3 Å². The van der Waals surface area contributed by atoms with Crippen LogP contribution < -0.4 is 5.32 Å². The number of imidazole rings is 1. The van der Waals surface area contributed by atoms with Gasteiger partial charge < -0.3 is 10.1 Å². The van der Waals surface area contributed by atoms with Gasteiger partial charge in [-0.1, -0.05) is 11.8 Å². The summed E-state index contributed by atoms with van der Waals surface area (Å²) in [7, 11) is 1.96. The normalized spacial score (nSPS) is 16.8. The molecule has 3 heterocycles. The fraction of sp³-hybridized carbons (Fsp3) is 0.500. The van der Waals surface area contributed by atoms with Gasteiger partial charge in [-0.3, -0.25) is 4.40 Å². The number of thiazole rings is 1. The first kappa shape index (κ1) is 10.6. The van der Waals surface area contributed by atoms with Gasteiger partial charge in [0.05, 0.1) is 24.2 Å². The summed E-state index contributed by atoms with van der Waals surface area (Å²) >= 11 is 3.52. The number of thioether (sulfide) groups is 1. The second-order valence-electron chi connectivity index (χ2n) is 3.73. The van der Waals surface area contributed by atoms with Crippen molar-refractivity contribution in [3.05, 3.63) is 17.3 Å². The van der Waals surface area contributed by atoms with E-state index < -0.39 is 0 Å². The third-order valence-corrected chi connectivity index (χ3v) is 4.47. The fourth-order valence-corrected chi connectivity index (χ4v) is 3.56. The molecule has 0 saturated carbocycles. The van der Waals surface area contributed by atoms with Crippen LogP contribution in [0.3, 0.4) is 0 Å². The van der Waals surface area contributed by atoms with Crippen LogP contribution in [0.25, 0.3) is 4.96 Å². The minimum Gasteiger partial charge on any atom is -0.379 e. The van der Waals surface area contributed by atoms with E-state index in [0.717, 1.165) is 29.7 Å². The number of hydrogen-bond donors (Lipinski definition) is 1. The molecule has 0 aliphatic carbocycles. The number of nitrogens with one attached hydrogen (secondary N) is 1. The predicted octanol–water partition coefficient (Wildman–Crippen LogP) is 1.61. The number of ether oxygens (including phenoxy) is 1. The van der Waals surface area contributed by atoms with E-state index in [4.69, 9.17) is 4.74 Å². The van der Waals surface area contributed by atoms with Gasteiger partial charge in [0.2, 0.25) is 0 Å². The molecule has 0 amide bonds. The molecule has 4 nitrogen and oxygen atoms in total. The quantitative estimate of drug-likeness (QED) is 0.901. The van der Waals surface area contributed by atoms with Crippen LogP contribution in [0.1, 0.15) is 5.69 Å². The van der Waals surface area contributed by atoms with Crippen molar-refractivity contribution < 1.29 is 4.74 Å². The molecule has 2 aromatic heterocycles. The topological polar surface area (TPSA) is 38.6 Å². The molecule has 1 saturated heterocycles. The summed E-state index contributed by atoms with van der Waals surface area (Å²) < 4.78 is 7.36. The lowest BCUT2D eigenvalue weighted by Gasteiger charge is -2.24. The van der Waals surface area contributed by atoms with Gasteiger partial charge in [-0.2, -0.15) is 0 Å². The van der Waals surface area contributed by atoms with E-state index in [1.807, 2.05) is 18.8 Å². The van der Waals surface area contributed by atoms with E-state index >= 15 is 0 Å². The number of nitrogens with zero attached hydrogens (tertiary/aromatic N) is 2. The van der Waals surface area contributed by atoms with Crippen LogP contribution >= 0.6 is 23.1 Å². The highest BCUT2D eigenvalue weighted by Crippen LogP contribution is 2.31. The molecule has 2 aromatic rings. The van der Waals surface area contributed by atoms with Gasteiger partial charge in [0.1, 0.15) is 5.03 Å². The minimum absolute atomic E-state index is 0.584. The Bertz CT molecular complexity index is 489. The van der Waals surface area contributed by atoms with E-state index in [1.54, 1.807) is 11.3 Å². The Labute approximate surface area is 102 Å². The maximum absolute atomic E-state index is 5.19. The van der Waals surface area contributed by atoms with Crippen molar-refractivity contribution in [3.8, 4) is 0 Å². The number of fused-ring (bicyclic) bond motifs is 1. The molecule has 0 aromatic carbocycles. The Hall–Kier alpha value is -0.560. The van der Waals surface area contributed by atoms with Crippen molar-refractivity contribution in [2.45, 2.75) is 16.8 Å². The van der Waals surface area contributed by atoms with Crippen molar-refractivity contribution in [3.63, 3.8) is 0 Å². The molecule has 0 bridgehead atoms. The van der Waals surface area contributed by atoms with Crippen molar-refractivity contribution in [2.24, 2.45) is 0 Å². The van der Waals surface area contributed by atoms with E-state index in [2.05, 4.69) is 26.3 Å². The summed E-state index contributed by atoms with van der Waals surface area (Å²) in [6.07, 6.45) is 2.08. The van der Waals surface area contributed by atoms with E-state index in [9.17, 15) is 0 Å². The molecule has 0 unspecified atom stereocenters.